The molecule has 104 valence electrons. The summed E-state index contributed by atoms with van der Waals surface area (Å²) >= 11 is 0. The third-order valence-electron chi connectivity index (χ3n) is 5.17. The topological polar surface area (TPSA) is 20.3 Å². The molecular formula is C16H29NO. The van der Waals surface area contributed by atoms with Crippen LogP contribution in [0.25, 0.3) is 0 Å². The summed E-state index contributed by atoms with van der Waals surface area (Å²) in [5, 5.41) is 0. The molecule has 18 heavy (non-hydrogen) atoms. The van der Waals surface area contributed by atoms with Gasteiger partial charge in [-0.25, -0.2) is 0 Å². The molecule has 1 aliphatic carbocycles. The molecule has 2 rings (SSSR count). The third-order valence-corrected chi connectivity index (χ3v) is 5.17. The summed E-state index contributed by atoms with van der Waals surface area (Å²) in [5.74, 6) is 0.933. The van der Waals surface area contributed by atoms with E-state index in [9.17, 15) is 4.79 Å². The smallest absolute Gasteiger partial charge is 0.127 e. The Balaban J connectivity index is 1.87. The van der Waals surface area contributed by atoms with Gasteiger partial charge in [0.1, 0.15) is 6.29 Å². The molecule has 0 amide bonds. The number of nitrogens with zero attached hydrogens (tertiary/aromatic N) is 1. The van der Waals surface area contributed by atoms with Gasteiger partial charge in [0.05, 0.1) is 0 Å². The summed E-state index contributed by atoms with van der Waals surface area (Å²) in [6, 6.07) is 0. The van der Waals surface area contributed by atoms with Crippen molar-refractivity contribution in [2.45, 2.75) is 64.7 Å². The fourth-order valence-electron chi connectivity index (χ4n) is 3.74. The summed E-state index contributed by atoms with van der Waals surface area (Å²) in [4.78, 5) is 14.2. The highest BCUT2D eigenvalue weighted by Crippen LogP contribution is 2.35. The Kier molecular flexibility index (Phi) is 5.23. The minimum atomic E-state index is -0.00441. The Hall–Kier alpha value is -0.370. The van der Waals surface area contributed by atoms with E-state index in [0.29, 0.717) is 0 Å². The van der Waals surface area contributed by atoms with E-state index in [0.717, 1.165) is 25.3 Å². The van der Waals surface area contributed by atoms with Gasteiger partial charge in [0.2, 0.25) is 0 Å². The van der Waals surface area contributed by atoms with Crippen LogP contribution in [0.2, 0.25) is 0 Å². The van der Waals surface area contributed by atoms with Crippen molar-refractivity contribution in [3.63, 3.8) is 0 Å². The van der Waals surface area contributed by atoms with Crippen LogP contribution in [0, 0.1) is 11.3 Å². The summed E-state index contributed by atoms with van der Waals surface area (Å²) in [6.45, 7) is 5.77. The fourth-order valence-corrected chi connectivity index (χ4v) is 3.74. The summed E-state index contributed by atoms with van der Waals surface area (Å²) in [7, 11) is 0. The van der Waals surface area contributed by atoms with Gasteiger partial charge in [0.15, 0.2) is 0 Å². The van der Waals surface area contributed by atoms with Crippen molar-refractivity contribution in [2.24, 2.45) is 11.3 Å². The molecule has 0 radical (unpaired) electrons. The second-order valence-electron chi connectivity index (χ2n) is 6.52. The number of piperidine rings is 1. The Bertz CT molecular complexity index is 248. The number of carbonyl (C=O) groups is 1. The molecule has 0 aromatic carbocycles. The van der Waals surface area contributed by atoms with Crippen molar-refractivity contribution in [1.29, 1.82) is 0 Å². The van der Waals surface area contributed by atoms with Crippen LogP contribution in [0.1, 0.15) is 64.7 Å². The highest BCUT2D eigenvalue weighted by atomic mass is 16.1. The zero-order valence-electron chi connectivity index (χ0n) is 12.0. The van der Waals surface area contributed by atoms with Crippen molar-refractivity contribution in [3.8, 4) is 0 Å². The van der Waals surface area contributed by atoms with Gasteiger partial charge in [0, 0.05) is 12.0 Å². The van der Waals surface area contributed by atoms with E-state index in [4.69, 9.17) is 0 Å². The summed E-state index contributed by atoms with van der Waals surface area (Å²) in [6.07, 6.45) is 12.7. The maximum atomic E-state index is 11.6. The molecule has 2 aliphatic rings. The van der Waals surface area contributed by atoms with E-state index in [2.05, 4.69) is 11.8 Å². The van der Waals surface area contributed by atoms with Gasteiger partial charge in [-0.05, 0) is 44.7 Å². The predicted octanol–water partition coefficient (Wildman–Crippen LogP) is 3.65. The largest absolute Gasteiger partial charge is 0.303 e. The highest BCUT2D eigenvalue weighted by Gasteiger charge is 2.33. The molecule has 1 aliphatic heterocycles. The monoisotopic (exact) mass is 251 g/mol. The molecule has 0 spiro atoms. The van der Waals surface area contributed by atoms with Crippen molar-refractivity contribution in [1.82, 2.24) is 4.90 Å². The second kappa shape index (κ2) is 6.70. The van der Waals surface area contributed by atoms with Crippen molar-refractivity contribution in [2.75, 3.05) is 19.6 Å². The summed E-state index contributed by atoms with van der Waals surface area (Å²) in [5.41, 5.74) is -0.00441. The molecular weight excluding hydrogens is 222 g/mol. The maximum Gasteiger partial charge on any atom is 0.127 e. The normalized spacial score (nSPS) is 26.7. The lowest BCUT2D eigenvalue weighted by molar-refractivity contribution is -0.118. The quantitative estimate of drug-likeness (QED) is 0.561. The molecule has 0 N–H and O–H groups in total. The van der Waals surface area contributed by atoms with E-state index in [-0.39, 0.29) is 5.41 Å². The standard InChI is InChI=1S/C16H29NO/c1-2-15-7-11-17(12-8-15)13-16(14-18)9-5-3-4-6-10-16/h14-15H,2-13H2,1H3. The Morgan fingerprint density at radius 1 is 1.11 bits per heavy atom. The molecule has 0 atom stereocenters. The van der Waals surface area contributed by atoms with E-state index < -0.39 is 0 Å². The molecule has 2 fully saturated rings. The SMILES string of the molecule is CCC1CCN(CC2(C=O)CCCCCC2)CC1. The molecule has 0 unspecified atom stereocenters. The average molecular weight is 251 g/mol. The number of likely N-dealkylation sites (tertiary alicyclic amines) is 1. The van der Waals surface area contributed by atoms with Gasteiger partial charge in [-0.3, -0.25) is 0 Å². The van der Waals surface area contributed by atoms with Crippen LogP contribution in [0.4, 0.5) is 0 Å². The number of hydrogen-bond donors (Lipinski definition) is 0. The van der Waals surface area contributed by atoms with E-state index in [1.165, 1.54) is 64.3 Å². The van der Waals surface area contributed by atoms with Crippen LogP contribution in [0.3, 0.4) is 0 Å². The lowest BCUT2D eigenvalue weighted by Crippen LogP contribution is -2.42. The van der Waals surface area contributed by atoms with Crippen molar-refractivity contribution < 1.29 is 4.79 Å². The van der Waals surface area contributed by atoms with Gasteiger partial charge in [0.25, 0.3) is 0 Å². The molecule has 0 aromatic heterocycles. The molecule has 2 nitrogen and oxygen atoms in total. The highest BCUT2D eigenvalue weighted by molar-refractivity contribution is 5.59. The second-order valence-corrected chi connectivity index (χ2v) is 6.52. The van der Waals surface area contributed by atoms with Gasteiger partial charge < -0.3 is 9.69 Å². The van der Waals surface area contributed by atoms with E-state index in [1.807, 2.05) is 0 Å². The Labute approximate surface area is 112 Å². The zero-order chi connectivity index (χ0) is 12.8. The predicted molar refractivity (Wildman–Crippen MR) is 75.7 cm³/mol. The first-order chi connectivity index (χ1) is 8.78. The summed E-state index contributed by atoms with van der Waals surface area (Å²) < 4.78 is 0. The van der Waals surface area contributed by atoms with Crippen LogP contribution in [-0.2, 0) is 4.79 Å². The van der Waals surface area contributed by atoms with Gasteiger partial charge >= 0.3 is 0 Å². The number of hydrogen-bond acceptors (Lipinski definition) is 2. The van der Waals surface area contributed by atoms with Crippen LogP contribution in [-0.4, -0.2) is 30.8 Å². The van der Waals surface area contributed by atoms with Gasteiger partial charge in [-0.1, -0.05) is 39.0 Å². The minimum Gasteiger partial charge on any atom is -0.303 e. The van der Waals surface area contributed by atoms with Gasteiger partial charge in [-0.2, -0.15) is 0 Å². The van der Waals surface area contributed by atoms with Crippen molar-refractivity contribution in [3.05, 3.63) is 0 Å². The minimum absolute atomic E-state index is 0.00441. The molecule has 2 heteroatoms. The Morgan fingerprint density at radius 2 is 1.72 bits per heavy atom. The molecule has 0 bridgehead atoms. The first kappa shape index (κ1) is 14.0. The first-order valence-electron chi connectivity index (χ1n) is 7.97. The number of carbonyl (C=O) groups excluding carboxylic acids is 1. The Morgan fingerprint density at radius 3 is 2.22 bits per heavy atom. The van der Waals surface area contributed by atoms with Gasteiger partial charge in [-0.15, -0.1) is 0 Å². The lowest BCUT2D eigenvalue weighted by Gasteiger charge is -2.37. The van der Waals surface area contributed by atoms with Crippen LogP contribution < -0.4 is 0 Å². The average Bonchev–Trinajstić information content (AvgIpc) is 2.66. The molecule has 1 heterocycles. The van der Waals surface area contributed by atoms with Crippen molar-refractivity contribution >= 4 is 6.29 Å². The van der Waals surface area contributed by atoms with E-state index in [1.54, 1.807) is 0 Å². The van der Waals surface area contributed by atoms with E-state index >= 15 is 0 Å². The first-order valence-corrected chi connectivity index (χ1v) is 7.97. The van der Waals surface area contributed by atoms with Crippen LogP contribution in [0.15, 0.2) is 0 Å². The third kappa shape index (κ3) is 3.57. The fraction of sp³-hybridized carbons (Fsp3) is 0.938. The van der Waals surface area contributed by atoms with Crippen LogP contribution >= 0.6 is 0 Å². The lowest BCUT2D eigenvalue weighted by atomic mass is 9.80. The zero-order valence-corrected chi connectivity index (χ0v) is 12.0. The van der Waals surface area contributed by atoms with Crippen LogP contribution in [0.5, 0.6) is 0 Å². The number of rotatable bonds is 4. The molecule has 1 saturated heterocycles. The number of aldehydes is 1. The molecule has 1 saturated carbocycles. The maximum absolute atomic E-state index is 11.6. The molecule has 0 aromatic rings.